The fourth-order valence-corrected chi connectivity index (χ4v) is 2.60. The quantitative estimate of drug-likeness (QED) is 0.855. The van der Waals surface area contributed by atoms with Crippen molar-refractivity contribution in [2.75, 3.05) is 5.32 Å². The molecule has 0 fully saturated rings. The molecule has 0 saturated heterocycles. The third-order valence-corrected chi connectivity index (χ3v) is 3.81. The Morgan fingerprint density at radius 1 is 1.30 bits per heavy atom. The van der Waals surface area contributed by atoms with Crippen LogP contribution < -0.4 is 5.32 Å². The van der Waals surface area contributed by atoms with Crippen molar-refractivity contribution in [2.24, 2.45) is 0 Å². The number of benzene rings is 1. The van der Waals surface area contributed by atoms with Crippen LogP contribution in [0.3, 0.4) is 0 Å². The molecule has 0 unspecified atom stereocenters. The number of carbonyl (C=O) groups excluding carboxylic acids is 2. The number of hydrogen-bond acceptors (Lipinski definition) is 3. The molecule has 1 aromatic carbocycles. The molecule has 6 heteroatoms. The maximum atomic E-state index is 14.1. The molecule has 0 saturated carbocycles. The van der Waals surface area contributed by atoms with Crippen LogP contribution in [0, 0.1) is 5.82 Å². The maximum absolute atomic E-state index is 14.1. The number of anilines is 1. The Balaban J connectivity index is 2.05. The molecule has 1 aromatic heterocycles. The number of aryl methyl sites for hydroxylation is 1. The lowest BCUT2D eigenvalue weighted by Gasteiger charge is -2.17. The average Bonchev–Trinajstić information content (AvgIpc) is 2.83. The molecule has 0 spiro atoms. The molecule has 2 aromatic rings. The first kappa shape index (κ1) is 13.1. The molecule has 1 aliphatic rings. The highest BCUT2D eigenvalue weighted by Crippen LogP contribution is 2.28. The van der Waals surface area contributed by atoms with Gasteiger partial charge in [-0.15, -0.1) is 0 Å². The number of furan rings is 1. The maximum Gasteiger partial charge on any atom is 0.224 e. The Morgan fingerprint density at radius 2 is 2.10 bits per heavy atom. The zero-order chi connectivity index (χ0) is 14.3. The van der Waals surface area contributed by atoms with E-state index in [1.54, 1.807) is 0 Å². The van der Waals surface area contributed by atoms with Crippen molar-refractivity contribution in [1.29, 1.82) is 0 Å². The summed E-state index contributed by atoms with van der Waals surface area (Å²) in [6.45, 7) is 0. The lowest BCUT2D eigenvalue weighted by Crippen LogP contribution is -2.20. The topological polar surface area (TPSA) is 59.3 Å². The van der Waals surface area contributed by atoms with Crippen LogP contribution in [0.1, 0.15) is 27.9 Å². The monoisotopic (exact) mass is 337 g/mol. The molecule has 1 aliphatic heterocycles. The van der Waals surface area contributed by atoms with E-state index >= 15 is 0 Å². The second-order valence-corrected chi connectivity index (χ2v) is 5.19. The summed E-state index contributed by atoms with van der Waals surface area (Å²) in [5.41, 5.74) is 1.43. The number of rotatable bonds is 2. The Morgan fingerprint density at radius 3 is 2.80 bits per heavy atom. The summed E-state index contributed by atoms with van der Waals surface area (Å²) in [4.78, 5) is 23.6. The predicted molar refractivity (Wildman–Crippen MR) is 73.2 cm³/mol. The molecule has 0 bridgehead atoms. The van der Waals surface area contributed by atoms with E-state index in [1.807, 2.05) is 0 Å². The number of carbonyl (C=O) groups is 2. The number of nitrogens with one attached hydrogen (secondary N) is 1. The van der Waals surface area contributed by atoms with Crippen LogP contribution in [-0.2, 0) is 11.2 Å². The number of ketones is 1. The second kappa shape index (κ2) is 4.86. The van der Waals surface area contributed by atoms with Crippen LogP contribution >= 0.6 is 15.9 Å². The van der Waals surface area contributed by atoms with Crippen molar-refractivity contribution >= 4 is 33.3 Å². The van der Waals surface area contributed by atoms with Crippen LogP contribution in [0.15, 0.2) is 33.5 Å². The average molecular weight is 338 g/mol. The van der Waals surface area contributed by atoms with Crippen molar-refractivity contribution in [3.8, 4) is 0 Å². The molecule has 2 heterocycles. The minimum absolute atomic E-state index is 0.0259. The Labute approximate surface area is 122 Å². The third-order valence-electron chi connectivity index (χ3n) is 3.20. The zero-order valence-corrected chi connectivity index (χ0v) is 11.8. The number of halogens is 2. The van der Waals surface area contributed by atoms with Crippen molar-refractivity contribution < 1.29 is 18.4 Å². The molecular weight excluding hydrogens is 329 g/mol. The van der Waals surface area contributed by atoms with Gasteiger partial charge in [0.25, 0.3) is 0 Å². The van der Waals surface area contributed by atoms with Gasteiger partial charge in [0.05, 0.1) is 17.4 Å². The second-order valence-electron chi connectivity index (χ2n) is 4.47. The van der Waals surface area contributed by atoms with E-state index in [1.165, 1.54) is 24.5 Å². The largest absolute Gasteiger partial charge is 0.457 e. The summed E-state index contributed by atoms with van der Waals surface area (Å²) in [6.07, 6.45) is 2.18. The molecule has 1 amide bonds. The van der Waals surface area contributed by atoms with E-state index in [0.717, 1.165) is 5.56 Å². The van der Waals surface area contributed by atoms with Gasteiger partial charge in [0.2, 0.25) is 5.91 Å². The van der Waals surface area contributed by atoms with Crippen molar-refractivity contribution in [2.45, 2.75) is 12.8 Å². The number of fused-ring (bicyclic) bond motifs is 1. The summed E-state index contributed by atoms with van der Waals surface area (Å²) in [5, 5.41) is 2.59. The fraction of sp³-hybridized carbons (Fsp3) is 0.143. The SMILES string of the molecule is O=C1CCc2cc(C(=O)c3ccoc3Br)c(F)cc2N1. The van der Waals surface area contributed by atoms with Gasteiger partial charge in [0.15, 0.2) is 10.5 Å². The van der Waals surface area contributed by atoms with Gasteiger partial charge in [0.1, 0.15) is 5.82 Å². The first-order chi connectivity index (χ1) is 9.56. The van der Waals surface area contributed by atoms with Gasteiger partial charge in [-0.25, -0.2) is 4.39 Å². The van der Waals surface area contributed by atoms with Crippen LogP contribution in [0.2, 0.25) is 0 Å². The van der Waals surface area contributed by atoms with Gasteiger partial charge in [-0.2, -0.15) is 0 Å². The normalized spacial score (nSPS) is 13.8. The molecule has 0 aliphatic carbocycles. The molecule has 20 heavy (non-hydrogen) atoms. The van der Waals surface area contributed by atoms with Crippen LogP contribution in [-0.4, -0.2) is 11.7 Å². The fourth-order valence-electron chi connectivity index (χ4n) is 2.18. The number of hydrogen-bond donors (Lipinski definition) is 1. The van der Waals surface area contributed by atoms with E-state index < -0.39 is 11.6 Å². The van der Waals surface area contributed by atoms with Gasteiger partial charge in [-0.1, -0.05) is 0 Å². The van der Waals surface area contributed by atoms with E-state index in [2.05, 4.69) is 21.2 Å². The lowest BCUT2D eigenvalue weighted by atomic mass is 9.96. The first-order valence-corrected chi connectivity index (χ1v) is 6.75. The molecule has 3 rings (SSSR count). The molecule has 0 atom stereocenters. The minimum atomic E-state index is -0.663. The van der Waals surface area contributed by atoms with E-state index in [4.69, 9.17) is 4.42 Å². The van der Waals surface area contributed by atoms with Crippen LogP contribution in [0.4, 0.5) is 10.1 Å². The van der Waals surface area contributed by atoms with Gasteiger partial charge in [0, 0.05) is 12.1 Å². The summed E-state index contributed by atoms with van der Waals surface area (Å²) in [6, 6.07) is 4.16. The van der Waals surface area contributed by atoms with Crippen molar-refractivity contribution in [3.05, 3.63) is 51.6 Å². The third kappa shape index (κ3) is 2.16. The van der Waals surface area contributed by atoms with E-state index in [9.17, 15) is 14.0 Å². The first-order valence-electron chi connectivity index (χ1n) is 5.96. The van der Waals surface area contributed by atoms with Crippen LogP contribution in [0.25, 0.3) is 0 Å². The van der Waals surface area contributed by atoms with Crippen LogP contribution in [0.5, 0.6) is 0 Å². The van der Waals surface area contributed by atoms with Crippen molar-refractivity contribution in [3.63, 3.8) is 0 Å². The summed E-state index contributed by atoms with van der Waals surface area (Å²) < 4.78 is 19.3. The summed E-state index contributed by atoms with van der Waals surface area (Å²) in [7, 11) is 0. The standard InChI is InChI=1S/C14H9BrFNO3/c15-14-8(3-4-20-14)13(19)9-5-7-1-2-12(18)17-11(7)6-10(9)16/h3-6H,1-2H2,(H,17,18). The molecule has 102 valence electrons. The highest BCUT2D eigenvalue weighted by Gasteiger charge is 2.23. The zero-order valence-electron chi connectivity index (χ0n) is 10.2. The summed E-state index contributed by atoms with van der Waals surface area (Å²) >= 11 is 3.10. The lowest BCUT2D eigenvalue weighted by molar-refractivity contribution is -0.116. The van der Waals surface area contributed by atoms with Gasteiger partial charge in [-0.3, -0.25) is 9.59 Å². The molecular formula is C14H9BrFNO3. The Kier molecular flexibility index (Phi) is 3.17. The Bertz CT molecular complexity index is 723. The van der Waals surface area contributed by atoms with E-state index in [0.29, 0.717) is 18.5 Å². The van der Waals surface area contributed by atoms with E-state index in [-0.39, 0.29) is 21.7 Å². The summed E-state index contributed by atoms with van der Waals surface area (Å²) in [5.74, 6) is -1.26. The molecule has 0 radical (unpaired) electrons. The smallest absolute Gasteiger partial charge is 0.224 e. The molecule has 4 nitrogen and oxygen atoms in total. The minimum Gasteiger partial charge on any atom is -0.457 e. The number of amides is 1. The van der Waals surface area contributed by atoms with Gasteiger partial charge >= 0.3 is 0 Å². The highest BCUT2D eigenvalue weighted by molar-refractivity contribution is 9.10. The van der Waals surface area contributed by atoms with Gasteiger partial charge < -0.3 is 9.73 Å². The molecule has 1 N–H and O–H groups in total. The Hall–Kier alpha value is -1.95. The highest BCUT2D eigenvalue weighted by atomic mass is 79.9. The van der Waals surface area contributed by atoms with Crippen molar-refractivity contribution in [1.82, 2.24) is 0 Å². The predicted octanol–water partition coefficient (Wildman–Crippen LogP) is 3.30. The van der Waals surface area contributed by atoms with Gasteiger partial charge in [-0.05, 0) is 46.1 Å².